The first-order chi connectivity index (χ1) is 6.96. The summed E-state index contributed by atoms with van der Waals surface area (Å²) in [5.74, 6) is 0.0114. The maximum atomic E-state index is 11.8. The van der Waals surface area contributed by atoms with Gasteiger partial charge in [0.05, 0.1) is 8.07 Å². The van der Waals surface area contributed by atoms with E-state index in [1.54, 1.807) is 12.3 Å². The van der Waals surface area contributed by atoms with Crippen LogP contribution in [0, 0.1) is 0 Å². The SMILES string of the molecule is CCNC(=O)c1ccncc1[Si](C)(C)C. The van der Waals surface area contributed by atoms with Gasteiger partial charge in [-0.3, -0.25) is 9.78 Å². The van der Waals surface area contributed by atoms with Gasteiger partial charge in [-0.25, -0.2) is 0 Å². The van der Waals surface area contributed by atoms with E-state index < -0.39 is 8.07 Å². The lowest BCUT2D eigenvalue weighted by Crippen LogP contribution is -2.43. The number of carbonyl (C=O) groups is 1. The molecule has 1 heterocycles. The van der Waals surface area contributed by atoms with Gasteiger partial charge in [0.1, 0.15) is 0 Å². The normalized spacial score (nSPS) is 11.2. The summed E-state index contributed by atoms with van der Waals surface area (Å²) >= 11 is 0. The third-order valence-electron chi connectivity index (χ3n) is 2.21. The van der Waals surface area contributed by atoms with E-state index in [4.69, 9.17) is 0 Å². The number of hydrogen-bond donors (Lipinski definition) is 1. The summed E-state index contributed by atoms with van der Waals surface area (Å²) in [6, 6.07) is 1.80. The Labute approximate surface area is 91.9 Å². The Morgan fingerprint density at radius 3 is 2.67 bits per heavy atom. The number of aromatic nitrogens is 1. The number of hydrogen-bond acceptors (Lipinski definition) is 2. The average molecular weight is 222 g/mol. The predicted molar refractivity (Wildman–Crippen MR) is 65.2 cm³/mol. The van der Waals surface area contributed by atoms with Crippen LogP contribution in [0.1, 0.15) is 17.3 Å². The molecule has 0 saturated carbocycles. The fourth-order valence-electron chi connectivity index (χ4n) is 1.45. The Balaban J connectivity index is 3.12. The highest BCUT2D eigenvalue weighted by atomic mass is 28.3. The zero-order chi connectivity index (χ0) is 11.5. The van der Waals surface area contributed by atoms with Crippen molar-refractivity contribution < 1.29 is 4.79 Å². The summed E-state index contributed by atoms with van der Waals surface area (Å²) in [6.07, 6.45) is 3.50. The van der Waals surface area contributed by atoms with Gasteiger partial charge in [-0.2, -0.15) is 0 Å². The van der Waals surface area contributed by atoms with Crippen LogP contribution in [0.2, 0.25) is 19.6 Å². The third-order valence-corrected chi connectivity index (χ3v) is 4.23. The van der Waals surface area contributed by atoms with Gasteiger partial charge in [-0.05, 0) is 18.2 Å². The second kappa shape index (κ2) is 4.57. The first kappa shape index (κ1) is 11.9. The molecule has 0 radical (unpaired) electrons. The molecule has 1 aromatic rings. The lowest BCUT2D eigenvalue weighted by molar-refractivity contribution is 0.0957. The van der Waals surface area contributed by atoms with Gasteiger partial charge < -0.3 is 5.32 Å². The topological polar surface area (TPSA) is 42.0 Å². The lowest BCUT2D eigenvalue weighted by Gasteiger charge is -2.19. The molecule has 0 fully saturated rings. The average Bonchev–Trinajstić information content (AvgIpc) is 2.17. The van der Waals surface area contributed by atoms with Crippen molar-refractivity contribution in [1.29, 1.82) is 0 Å². The molecule has 0 saturated heterocycles. The Kier molecular flexibility index (Phi) is 3.63. The van der Waals surface area contributed by atoms with Gasteiger partial charge in [-0.15, -0.1) is 0 Å². The number of nitrogens with one attached hydrogen (secondary N) is 1. The molecule has 0 unspecified atom stereocenters. The van der Waals surface area contributed by atoms with E-state index in [9.17, 15) is 4.79 Å². The highest BCUT2D eigenvalue weighted by molar-refractivity contribution is 6.89. The monoisotopic (exact) mass is 222 g/mol. The van der Waals surface area contributed by atoms with Gasteiger partial charge in [0.2, 0.25) is 0 Å². The molecule has 82 valence electrons. The Morgan fingerprint density at radius 2 is 2.13 bits per heavy atom. The largest absolute Gasteiger partial charge is 0.352 e. The summed E-state index contributed by atoms with van der Waals surface area (Å²) in [6.45, 7) is 9.23. The van der Waals surface area contributed by atoms with Crippen molar-refractivity contribution in [3.05, 3.63) is 24.0 Å². The Morgan fingerprint density at radius 1 is 1.47 bits per heavy atom. The van der Waals surface area contributed by atoms with E-state index in [0.717, 1.165) is 10.8 Å². The van der Waals surface area contributed by atoms with Crippen molar-refractivity contribution in [3.8, 4) is 0 Å². The molecule has 0 aromatic carbocycles. The Hall–Kier alpha value is -1.16. The summed E-state index contributed by atoms with van der Waals surface area (Å²) in [7, 11) is -1.49. The smallest absolute Gasteiger partial charge is 0.251 e. The van der Waals surface area contributed by atoms with Crippen molar-refractivity contribution in [2.45, 2.75) is 26.6 Å². The molecule has 4 heteroatoms. The zero-order valence-corrected chi connectivity index (χ0v) is 10.8. The van der Waals surface area contributed by atoms with E-state index in [2.05, 4.69) is 29.9 Å². The third kappa shape index (κ3) is 2.89. The molecule has 1 N–H and O–H groups in total. The van der Waals surface area contributed by atoms with E-state index >= 15 is 0 Å². The number of amides is 1. The van der Waals surface area contributed by atoms with Gasteiger partial charge >= 0.3 is 0 Å². The van der Waals surface area contributed by atoms with Gasteiger partial charge in [0.25, 0.3) is 5.91 Å². The van der Waals surface area contributed by atoms with Gasteiger partial charge in [0.15, 0.2) is 0 Å². The van der Waals surface area contributed by atoms with E-state index in [0.29, 0.717) is 6.54 Å². The zero-order valence-electron chi connectivity index (χ0n) is 9.79. The number of carbonyl (C=O) groups excluding carboxylic acids is 1. The fourth-order valence-corrected chi connectivity index (χ4v) is 2.91. The molecule has 3 nitrogen and oxygen atoms in total. The molecular weight excluding hydrogens is 204 g/mol. The van der Waals surface area contributed by atoms with Gasteiger partial charge in [-0.1, -0.05) is 19.6 Å². The van der Waals surface area contributed by atoms with Gasteiger partial charge in [0, 0.05) is 24.5 Å². The second-order valence-electron chi connectivity index (χ2n) is 4.53. The maximum Gasteiger partial charge on any atom is 0.251 e. The van der Waals surface area contributed by atoms with Crippen LogP contribution < -0.4 is 10.5 Å². The molecule has 1 aromatic heterocycles. The van der Waals surface area contributed by atoms with Crippen LogP contribution in [0.4, 0.5) is 0 Å². The second-order valence-corrected chi connectivity index (χ2v) is 9.57. The molecule has 0 aliphatic carbocycles. The van der Waals surface area contributed by atoms with Crippen LogP contribution in [0.15, 0.2) is 18.5 Å². The van der Waals surface area contributed by atoms with Crippen molar-refractivity contribution in [2.75, 3.05) is 6.54 Å². The van der Waals surface area contributed by atoms with Crippen molar-refractivity contribution in [2.24, 2.45) is 0 Å². The van der Waals surface area contributed by atoms with E-state index in [1.165, 1.54) is 0 Å². The summed E-state index contributed by atoms with van der Waals surface area (Å²) in [5, 5.41) is 3.95. The summed E-state index contributed by atoms with van der Waals surface area (Å²) in [4.78, 5) is 15.9. The number of rotatable bonds is 3. The Bertz CT molecular complexity index is 358. The standard InChI is InChI=1S/C11H18N2OSi/c1-5-13-11(14)9-6-7-12-8-10(9)15(2,3)4/h6-8H,5H2,1-4H3,(H,13,14). The minimum atomic E-state index is -1.49. The van der Waals surface area contributed by atoms with Crippen LogP contribution in [0.5, 0.6) is 0 Å². The molecule has 0 atom stereocenters. The van der Waals surface area contributed by atoms with E-state index in [-0.39, 0.29) is 5.91 Å². The van der Waals surface area contributed by atoms with Crippen LogP contribution in [-0.4, -0.2) is 25.5 Å². The fraction of sp³-hybridized carbons (Fsp3) is 0.455. The number of pyridine rings is 1. The van der Waals surface area contributed by atoms with Crippen LogP contribution >= 0.6 is 0 Å². The minimum absolute atomic E-state index is 0.0114. The summed E-state index contributed by atoms with van der Waals surface area (Å²) in [5.41, 5.74) is 0.783. The van der Waals surface area contributed by atoms with Crippen molar-refractivity contribution in [3.63, 3.8) is 0 Å². The quantitative estimate of drug-likeness (QED) is 0.785. The van der Waals surface area contributed by atoms with Crippen molar-refractivity contribution >= 4 is 19.2 Å². The molecule has 15 heavy (non-hydrogen) atoms. The molecule has 1 rings (SSSR count). The maximum absolute atomic E-state index is 11.8. The molecular formula is C11H18N2OSi. The van der Waals surface area contributed by atoms with Crippen LogP contribution in [0.25, 0.3) is 0 Å². The minimum Gasteiger partial charge on any atom is -0.352 e. The van der Waals surface area contributed by atoms with Crippen molar-refractivity contribution in [1.82, 2.24) is 10.3 Å². The first-order valence-corrected chi connectivity index (χ1v) is 8.69. The molecule has 0 bridgehead atoms. The van der Waals surface area contributed by atoms with Crippen LogP contribution in [-0.2, 0) is 0 Å². The first-order valence-electron chi connectivity index (χ1n) is 5.19. The summed E-state index contributed by atoms with van der Waals surface area (Å²) < 4.78 is 0. The highest BCUT2D eigenvalue weighted by Crippen LogP contribution is 2.05. The molecule has 0 spiro atoms. The predicted octanol–water partition coefficient (Wildman–Crippen LogP) is 1.38. The van der Waals surface area contributed by atoms with Crippen LogP contribution in [0.3, 0.4) is 0 Å². The number of nitrogens with zero attached hydrogens (tertiary/aromatic N) is 1. The van der Waals surface area contributed by atoms with E-state index in [1.807, 2.05) is 13.1 Å². The molecule has 0 aliphatic heterocycles. The molecule has 0 aliphatic rings. The highest BCUT2D eigenvalue weighted by Gasteiger charge is 2.23. The lowest BCUT2D eigenvalue weighted by atomic mass is 10.2. The molecule has 1 amide bonds.